The fourth-order valence-electron chi connectivity index (χ4n) is 12.2. The molecular formula is C70H43N3O. The van der Waals surface area contributed by atoms with Gasteiger partial charge in [-0.25, -0.2) is 15.0 Å². The Morgan fingerprint density at radius 3 is 1.45 bits per heavy atom. The molecule has 0 N–H and O–H groups in total. The summed E-state index contributed by atoms with van der Waals surface area (Å²) in [5.41, 5.74) is 23.4. The first kappa shape index (κ1) is 42.0. The topological polar surface area (TPSA) is 51.8 Å². The first-order valence-corrected chi connectivity index (χ1v) is 25.2. The van der Waals surface area contributed by atoms with Gasteiger partial charge in [0.1, 0.15) is 11.2 Å². The molecule has 2 heterocycles. The van der Waals surface area contributed by atoms with Crippen LogP contribution in [0.5, 0.6) is 0 Å². The number of rotatable bonds is 7. The Bertz CT molecular complexity index is 4320. The molecule has 0 amide bonds. The Balaban J connectivity index is 0.875. The molecule has 0 fully saturated rings. The van der Waals surface area contributed by atoms with Gasteiger partial charge in [0.15, 0.2) is 17.5 Å². The van der Waals surface area contributed by atoms with Crippen molar-refractivity contribution in [2.45, 2.75) is 5.41 Å². The zero-order chi connectivity index (χ0) is 48.7. The second kappa shape index (κ2) is 16.7. The van der Waals surface area contributed by atoms with E-state index in [1.807, 2.05) is 24.3 Å². The molecule has 0 saturated heterocycles. The minimum atomic E-state index is -0.407. The number of fused-ring (bicyclic) bond motifs is 13. The van der Waals surface area contributed by atoms with Crippen molar-refractivity contribution in [2.24, 2.45) is 0 Å². The van der Waals surface area contributed by atoms with Crippen LogP contribution in [0.2, 0.25) is 0 Å². The summed E-state index contributed by atoms with van der Waals surface area (Å²) < 4.78 is 6.67. The van der Waals surface area contributed by atoms with Crippen molar-refractivity contribution < 1.29 is 4.42 Å². The minimum absolute atomic E-state index is 0.407. The molecule has 0 radical (unpaired) electrons. The predicted octanol–water partition coefficient (Wildman–Crippen LogP) is 17.8. The van der Waals surface area contributed by atoms with Crippen LogP contribution in [0.15, 0.2) is 265 Å². The highest BCUT2D eigenvalue weighted by molar-refractivity contribution is 6.13. The predicted molar refractivity (Wildman–Crippen MR) is 301 cm³/mol. The highest BCUT2D eigenvalue weighted by atomic mass is 16.3. The third-order valence-electron chi connectivity index (χ3n) is 15.4. The maximum Gasteiger partial charge on any atom is 0.164 e. The van der Waals surface area contributed by atoms with Gasteiger partial charge in [-0.15, -0.1) is 0 Å². The van der Waals surface area contributed by atoms with Crippen molar-refractivity contribution in [2.75, 3.05) is 0 Å². The molecule has 0 saturated carbocycles. The Morgan fingerprint density at radius 1 is 0.257 bits per heavy atom. The van der Waals surface area contributed by atoms with Crippen LogP contribution in [0.25, 0.3) is 123 Å². The van der Waals surface area contributed by atoms with Crippen LogP contribution < -0.4 is 0 Å². The summed E-state index contributed by atoms with van der Waals surface area (Å²) in [6.45, 7) is 0. The zero-order valence-electron chi connectivity index (χ0n) is 40.1. The van der Waals surface area contributed by atoms with E-state index in [9.17, 15) is 0 Å². The van der Waals surface area contributed by atoms with Gasteiger partial charge in [0.25, 0.3) is 0 Å². The van der Waals surface area contributed by atoms with Gasteiger partial charge in [0.05, 0.1) is 5.41 Å². The fraction of sp³-hybridized carbons (Fsp3) is 0.0143. The highest BCUT2D eigenvalue weighted by Crippen LogP contribution is 2.64. The monoisotopic (exact) mass is 941 g/mol. The van der Waals surface area contributed by atoms with E-state index in [2.05, 4.69) is 237 Å². The molecule has 0 unspecified atom stereocenters. The largest absolute Gasteiger partial charge is 0.456 e. The molecule has 1 spiro atoms. The lowest BCUT2D eigenvalue weighted by Gasteiger charge is -2.30. The number of benzene rings is 11. The van der Waals surface area contributed by atoms with Crippen LogP contribution >= 0.6 is 0 Å². The molecule has 2 aliphatic carbocycles. The average Bonchev–Trinajstić information content (AvgIpc) is 4.13. The fourth-order valence-corrected chi connectivity index (χ4v) is 12.2. The Kier molecular flexibility index (Phi) is 9.45. The molecule has 0 aliphatic heterocycles. The molecule has 4 heteroatoms. The molecule has 0 atom stereocenters. The average molecular weight is 942 g/mol. The second-order valence-electron chi connectivity index (χ2n) is 19.3. The van der Waals surface area contributed by atoms with Crippen molar-refractivity contribution in [3.05, 3.63) is 283 Å². The van der Waals surface area contributed by atoms with E-state index in [1.165, 1.54) is 55.6 Å². The van der Waals surface area contributed by atoms with Crippen LogP contribution in [0, 0.1) is 0 Å². The highest BCUT2D eigenvalue weighted by Gasteiger charge is 2.52. The van der Waals surface area contributed by atoms with Crippen LogP contribution in [0.4, 0.5) is 0 Å². The van der Waals surface area contributed by atoms with Gasteiger partial charge in [-0.05, 0) is 113 Å². The lowest BCUT2D eigenvalue weighted by molar-refractivity contribution is 0.669. The van der Waals surface area contributed by atoms with E-state index in [0.29, 0.717) is 17.5 Å². The molecule has 4 nitrogen and oxygen atoms in total. The van der Waals surface area contributed by atoms with Crippen molar-refractivity contribution in [3.63, 3.8) is 0 Å². The van der Waals surface area contributed by atoms with E-state index in [-0.39, 0.29) is 0 Å². The van der Waals surface area contributed by atoms with Crippen LogP contribution in [0.1, 0.15) is 22.3 Å². The van der Waals surface area contributed by atoms with E-state index in [4.69, 9.17) is 19.4 Å². The van der Waals surface area contributed by atoms with Crippen molar-refractivity contribution in [3.8, 4) is 101 Å². The van der Waals surface area contributed by atoms with Crippen molar-refractivity contribution >= 4 is 21.9 Å². The number of hydrogen-bond donors (Lipinski definition) is 0. The van der Waals surface area contributed by atoms with Crippen molar-refractivity contribution in [1.82, 2.24) is 15.0 Å². The summed E-state index contributed by atoms with van der Waals surface area (Å²) in [5.74, 6) is 1.77. The second-order valence-corrected chi connectivity index (χ2v) is 19.3. The zero-order valence-corrected chi connectivity index (χ0v) is 40.1. The number of aromatic nitrogens is 3. The number of furan rings is 1. The van der Waals surface area contributed by atoms with Gasteiger partial charge >= 0.3 is 0 Å². The maximum atomic E-state index is 6.67. The van der Waals surface area contributed by atoms with E-state index >= 15 is 0 Å². The molecule has 11 aromatic carbocycles. The van der Waals surface area contributed by atoms with Gasteiger partial charge in [0, 0.05) is 27.5 Å². The molecule has 13 aromatic rings. The molecule has 2 aromatic heterocycles. The third-order valence-corrected chi connectivity index (χ3v) is 15.4. The SMILES string of the molecule is c1ccc(-c2ccc(-c3nc(-c4ccccc4-c4ccccc4)nc(-c4cccc5oc6ccc(-c7cccc(-c8cccc9c8-c8ccccc8C98c9ccccc9-c9ccccc98)c7)cc6c45)n3)cc2)cc1. The van der Waals surface area contributed by atoms with Gasteiger partial charge in [0.2, 0.25) is 0 Å². The lowest BCUT2D eigenvalue weighted by Crippen LogP contribution is -2.25. The normalized spacial score (nSPS) is 12.7. The third kappa shape index (κ3) is 6.38. The molecular weight excluding hydrogens is 899 g/mol. The van der Waals surface area contributed by atoms with Gasteiger partial charge in [-0.3, -0.25) is 0 Å². The summed E-state index contributed by atoms with van der Waals surface area (Å²) in [5, 5.41) is 1.95. The van der Waals surface area contributed by atoms with Crippen LogP contribution in [-0.4, -0.2) is 15.0 Å². The lowest BCUT2D eigenvalue weighted by atomic mass is 9.70. The molecule has 344 valence electrons. The number of hydrogen-bond acceptors (Lipinski definition) is 4. The quantitative estimate of drug-likeness (QED) is 0.160. The van der Waals surface area contributed by atoms with Gasteiger partial charge in [-0.1, -0.05) is 237 Å². The number of nitrogens with zero attached hydrogens (tertiary/aromatic N) is 3. The summed E-state index contributed by atoms with van der Waals surface area (Å²) >= 11 is 0. The van der Waals surface area contributed by atoms with Crippen LogP contribution in [0.3, 0.4) is 0 Å². The molecule has 0 bridgehead atoms. The maximum absolute atomic E-state index is 6.67. The van der Waals surface area contributed by atoms with E-state index < -0.39 is 5.41 Å². The molecule has 15 rings (SSSR count). The first-order valence-electron chi connectivity index (χ1n) is 25.2. The minimum Gasteiger partial charge on any atom is -0.456 e. The van der Waals surface area contributed by atoms with Crippen molar-refractivity contribution in [1.29, 1.82) is 0 Å². The van der Waals surface area contributed by atoms with Crippen LogP contribution in [-0.2, 0) is 5.41 Å². The Labute approximate surface area is 428 Å². The smallest absolute Gasteiger partial charge is 0.164 e. The summed E-state index contributed by atoms with van der Waals surface area (Å²) in [7, 11) is 0. The standard InChI is InChI=1S/C70H43N3O/c1-3-18-44(19-4-1)45-36-38-47(39-37-45)67-71-68(55-27-8-7-24-51(55)46-20-5-2-6-21-46)73-69(72-67)57-30-17-35-64-66(57)58-43-49(40-41-63(58)74-64)48-22-15-23-50(42-48)52-29-16-34-62-65(52)56-28-11-14-33-61(56)70(62)59-31-12-9-25-53(59)54-26-10-13-32-60(54)70/h1-43H. The Hall–Kier alpha value is -9.77. The summed E-state index contributed by atoms with van der Waals surface area (Å²) in [6, 6.07) is 93.4. The molecule has 74 heavy (non-hydrogen) atoms. The first-order chi connectivity index (χ1) is 36.7. The van der Waals surface area contributed by atoms with E-state index in [1.54, 1.807) is 0 Å². The van der Waals surface area contributed by atoms with Gasteiger partial charge in [-0.2, -0.15) is 0 Å². The van der Waals surface area contributed by atoms with E-state index in [0.717, 1.165) is 72.0 Å². The van der Waals surface area contributed by atoms with Gasteiger partial charge < -0.3 is 4.42 Å². The molecule has 2 aliphatic rings. The Morgan fingerprint density at radius 2 is 0.716 bits per heavy atom. The summed E-state index contributed by atoms with van der Waals surface area (Å²) in [4.78, 5) is 15.9. The summed E-state index contributed by atoms with van der Waals surface area (Å²) in [6.07, 6.45) is 0.